The van der Waals surface area contributed by atoms with E-state index in [1.807, 2.05) is 0 Å². The van der Waals surface area contributed by atoms with E-state index in [1.54, 1.807) is 19.9 Å². The Balaban J connectivity index is 2.97. The average molecular weight is 306 g/mol. The molecule has 0 unspecified atom stereocenters. The van der Waals surface area contributed by atoms with Gasteiger partial charge in [-0.05, 0) is 17.7 Å². The summed E-state index contributed by atoms with van der Waals surface area (Å²) in [7, 11) is 2.81. The van der Waals surface area contributed by atoms with Crippen LogP contribution in [0.5, 0.6) is 5.75 Å². The molecular formula is C12H16ClNO4S. The van der Waals surface area contributed by atoms with Gasteiger partial charge in [-0.2, -0.15) is 0 Å². The van der Waals surface area contributed by atoms with Crippen molar-refractivity contribution in [2.24, 2.45) is 5.92 Å². The summed E-state index contributed by atoms with van der Waals surface area (Å²) in [4.78, 5) is 11.3. The summed E-state index contributed by atoms with van der Waals surface area (Å²) in [6.07, 6.45) is 0. The molecule has 0 aliphatic carbocycles. The fourth-order valence-corrected chi connectivity index (χ4v) is 2.46. The topological polar surface area (TPSA) is 72.5 Å². The molecule has 0 atom stereocenters. The second-order valence-electron chi connectivity index (χ2n) is 4.30. The third kappa shape index (κ3) is 4.40. The van der Waals surface area contributed by atoms with Crippen LogP contribution in [0.3, 0.4) is 0 Å². The lowest BCUT2D eigenvalue weighted by atomic mass is 10.2. The summed E-state index contributed by atoms with van der Waals surface area (Å²) in [6, 6.07) is 4.57. The molecule has 0 aromatic heterocycles. The number of benzene rings is 1. The van der Waals surface area contributed by atoms with Gasteiger partial charge in [-0.1, -0.05) is 19.9 Å². The Morgan fingerprint density at radius 1 is 1.42 bits per heavy atom. The first-order chi connectivity index (χ1) is 8.75. The largest absolute Gasteiger partial charge is 0.495 e. The molecule has 0 aliphatic heterocycles. The number of carbonyl (C=O) groups excluding carboxylic acids is 1. The molecule has 0 saturated carbocycles. The van der Waals surface area contributed by atoms with E-state index >= 15 is 0 Å². The molecule has 0 saturated heterocycles. The molecule has 1 amide bonds. The van der Waals surface area contributed by atoms with Crippen LogP contribution < -0.4 is 10.1 Å². The highest BCUT2D eigenvalue weighted by atomic mass is 35.7. The van der Waals surface area contributed by atoms with Crippen LogP contribution in [0, 0.1) is 5.92 Å². The fourth-order valence-electron chi connectivity index (χ4n) is 1.41. The molecule has 7 heteroatoms. The first-order valence-electron chi connectivity index (χ1n) is 5.65. The van der Waals surface area contributed by atoms with Gasteiger partial charge in [0.1, 0.15) is 10.6 Å². The van der Waals surface area contributed by atoms with E-state index in [0.717, 1.165) is 0 Å². The van der Waals surface area contributed by atoms with Crippen LogP contribution >= 0.6 is 10.7 Å². The first kappa shape index (κ1) is 15.8. The molecular weight excluding hydrogens is 290 g/mol. The van der Waals surface area contributed by atoms with E-state index in [9.17, 15) is 13.2 Å². The molecule has 106 valence electrons. The molecule has 1 aromatic rings. The lowest BCUT2D eigenvalue weighted by Crippen LogP contribution is -2.27. The molecule has 5 nitrogen and oxygen atoms in total. The summed E-state index contributed by atoms with van der Waals surface area (Å²) >= 11 is 0. The third-order valence-electron chi connectivity index (χ3n) is 2.48. The van der Waals surface area contributed by atoms with Crippen LogP contribution in [0.25, 0.3) is 0 Å². The summed E-state index contributed by atoms with van der Waals surface area (Å²) in [5.41, 5.74) is 0.633. The van der Waals surface area contributed by atoms with Gasteiger partial charge in [-0.25, -0.2) is 8.42 Å². The molecule has 0 spiro atoms. The molecule has 1 N–H and O–H groups in total. The van der Waals surface area contributed by atoms with Crippen LogP contribution in [0.2, 0.25) is 0 Å². The highest BCUT2D eigenvalue weighted by molar-refractivity contribution is 8.13. The van der Waals surface area contributed by atoms with Crippen LogP contribution in [-0.2, 0) is 20.4 Å². The number of hydrogen-bond acceptors (Lipinski definition) is 4. The smallest absolute Gasteiger partial charge is 0.264 e. The molecule has 0 bridgehead atoms. The van der Waals surface area contributed by atoms with Crippen molar-refractivity contribution >= 4 is 25.6 Å². The van der Waals surface area contributed by atoms with Gasteiger partial charge in [0.2, 0.25) is 5.91 Å². The Morgan fingerprint density at radius 2 is 2.05 bits per heavy atom. The van der Waals surface area contributed by atoms with Crippen LogP contribution in [0.1, 0.15) is 19.4 Å². The van der Waals surface area contributed by atoms with Gasteiger partial charge in [0.25, 0.3) is 9.05 Å². The second kappa shape index (κ2) is 6.25. The molecule has 19 heavy (non-hydrogen) atoms. The van der Waals surface area contributed by atoms with E-state index in [1.165, 1.54) is 19.2 Å². The van der Waals surface area contributed by atoms with Crippen LogP contribution in [0.4, 0.5) is 0 Å². The number of carbonyl (C=O) groups is 1. The van der Waals surface area contributed by atoms with E-state index in [4.69, 9.17) is 15.4 Å². The zero-order chi connectivity index (χ0) is 14.6. The van der Waals surface area contributed by atoms with Crippen molar-refractivity contribution in [2.45, 2.75) is 25.3 Å². The summed E-state index contributed by atoms with van der Waals surface area (Å²) in [6.45, 7) is 3.79. The summed E-state index contributed by atoms with van der Waals surface area (Å²) in [5, 5.41) is 2.70. The van der Waals surface area contributed by atoms with E-state index < -0.39 is 9.05 Å². The highest BCUT2D eigenvalue weighted by Crippen LogP contribution is 2.27. The van der Waals surface area contributed by atoms with Crippen molar-refractivity contribution < 1.29 is 17.9 Å². The van der Waals surface area contributed by atoms with Gasteiger partial charge in [0.05, 0.1) is 7.11 Å². The number of hydrogen-bond donors (Lipinski definition) is 1. The Kier molecular flexibility index (Phi) is 5.20. The minimum absolute atomic E-state index is 0.104. The average Bonchev–Trinajstić information content (AvgIpc) is 2.34. The maximum absolute atomic E-state index is 11.4. The number of nitrogens with one attached hydrogen (secondary N) is 1. The third-order valence-corrected chi connectivity index (χ3v) is 3.82. The molecule has 0 aliphatic rings. The quantitative estimate of drug-likeness (QED) is 0.843. The highest BCUT2D eigenvalue weighted by Gasteiger charge is 2.17. The van der Waals surface area contributed by atoms with Gasteiger partial charge < -0.3 is 10.1 Å². The normalized spacial score (nSPS) is 11.4. The predicted molar refractivity (Wildman–Crippen MR) is 72.7 cm³/mol. The Labute approximate surface area is 117 Å². The van der Waals surface area contributed by atoms with Gasteiger partial charge in [-0.3, -0.25) is 4.79 Å². The standard InChI is InChI=1S/C12H16ClNO4S/c1-8(2)12(15)14-7-9-4-5-10(18-3)11(6-9)19(13,16)17/h4-6,8H,7H2,1-3H3,(H,14,15). The van der Waals surface area contributed by atoms with Gasteiger partial charge >= 0.3 is 0 Å². The van der Waals surface area contributed by atoms with Crippen molar-refractivity contribution in [1.29, 1.82) is 0 Å². The number of methoxy groups -OCH3 is 1. The van der Waals surface area contributed by atoms with E-state index in [-0.39, 0.29) is 29.0 Å². The second-order valence-corrected chi connectivity index (χ2v) is 6.83. The van der Waals surface area contributed by atoms with Crippen molar-refractivity contribution in [2.75, 3.05) is 7.11 Å². The molecule has 1 rings (SSSR count). The fraction of sp³-hybridized carbons (Fsp3) is 0.417. The molecule has 0 radical (unpaired) electrons. The molecule has 0 fully saturated rings. The Bertz CT molecular complexity index is 569. The number of ether oxygens (including phenoxy) is 1. The number of amides is 1. The minimum atomic E-state index is -3.89. The summed E-state index contributed by atoms with van der Waals surface area (Å²) in [5.74, 6) is -0.0606. The summed E-state index contributed by atoms with van der Waals surface area (Å²) < 4.78 is 27.8. The lowest BCUT2D eigenvalue weighted by molar-refractivity contribution is -0.124. The van der Waals surface area contributed by atoms with Gasteiger partial charge in [0, 0.05) is 23.1 Å². The van der Waals surface area contributed by atoms with E-state index in [0.29, 0.717) is 5.56 Å². The molecule has 0 heterocycles. The number of halogens is 1. The molecule has 1 aromatic carbocycles. The zero-order valence-electron chi connectivity index (χ0n) is 10.9. The van der Waals surface area contributed by atoms with Crippen molar-refractivity contribution in [1.82, 2.24) is 5.32 Å². The van der Waals surface area contributed by atoms with Crippen LogP contribution in [0.15, 0.2) is 23.1 Å². The van der Waals surface area contributed by atoms with Gasteiger partial charge in [-0.15, -0.1) is 0 Å². The maximum atomic E-state index is 11.4. The number of rotatable bonds is 5. The minimum Gasteiger partial charge on any atom is -0.495 e. The van der Waals surface area contributed by atoms with Crippen molar-refractivity contribution in [3.8, 4) is 5.75 Å². The first-order valence-corrected chi connectivity index (χ1v) is 7.96. The lowest BCUT2D eigenvalue weighted by Gasteiger charge is -2.10. The zero-order valence-corrected chi connectivity index (χ0v) is 12.5. The van der Waals surface area contributed by atoms with Crippen LogP contribution in [-0.4, -0.2) is 21.4 Å². The SMILES string of the molecule is COc1ccc(CNC(=O)C(C)C)cc1S(=O)(=O)Cl. The van der Waals surface area contributed by atoms with Crippen molar-refractivity contribution in [3.05, 3.63) is 23.8 Å². The predicted octanol–water partition coefficient (Wildman–Crippen LogP) is 1.89. The Hall–Kier alpha value is -1.27. The van der Waals surface area contributed by atoms with Crippen molar-refractivity contribution in [3.63, 3.8) is 0 Å². The Morgan fingerprint density at radius 3 is 2.53 bits per heavy atom. The van der Waals surface area contributed by atoms with Gasteiger partial charge in [0.15, 0.2) is 0 Å². The monoisotopic (exact) mass is 305 g/mol. The van der Waals surface area contributed by atoms with E-state index in [2.05, 4.69) is 5.32 Å². The maximum Gasteiger partial charge on any atom is 0.264 e.